The van der Waals surface area contributed by atoms with Gasteiger partial charge in [0.25, 0.3) is 0 Å². The average Bonchev–Trinajstić information content (AvgIpc) is 3.67. The lowest BCUT2D eigenvalue weighted by Gasteiger charge is -2.45. The normalized spacial score (nSPS) is 29.0. The maximum absolute atomic E-state index is 16.0. The lowest BCUT2D eigenvalue weighted by atomic mass is 9.77. The number of ether oxygens (including phenoxy) is 1. The van der Waals surface area contributed by atoms with Crippen molar-refractivity contribution in [2.24, 2.45) is 0 Å². The minimum atomic E-state index is -1.35. The second-order valence-corrected chi connectivity index (χ2v) is 12.5. The van der Waals surface area contributed by atoms with Crippen LogP contribution in [0.25, 0.3) is 0 Å². The summed E-state index contributed by atoms with van der Waals surface area (Å²) in [6, 6.07) is 1.67. The van der Waals surface area contributed by atoms with E-state index in [1.807, 2.05) is 18.0 Å². The summed E-state index contributed by atoms with van der Waals surface area (Å²) in [4.78, 5) is 4.01. The van der Waals surface area contributed by atoms with Crippen LogP contribution in [-0.4, -0.2) is 79.0 Å². The van der Waals surface area contributed by atoms with E-state index in [0.717, 1.165) is 24.8 Å². The second kappa shape index (κ2) is 12.1. The van der Waals surface area contributed by atoms with Crippen molar-refractivity contribution in [1.82, 2.24) is 15.1 Å². The van der Waals surface area contributed by atoms with Crippen LogP contribution < -0.4 is 10.6 Å². The Morgan fingerprint density at radius 2 is 1.90 bits per heavy atom. The molecule has 2 saturated heterocycles. The molecule has 228 valence electrons. The van der Waals surface area contributed by atoms with Crippen molar-refractivity contribution in [3.63, 3.8) is 0 Å². The summed E-state index contributed by atoms with van der Waals surface area (Å²) >= 11 is 0. The third kappa shape index (κ3) is 6.17. The van der Waals surface area contributed by atoms with Crippen molar-refractivity contribution >= 4 is 11.4 Å². The van der Waals surface area contributed by atoms with Gasteiger partial charge in [-0.15, -0.1) is 0 Å². The molecule has 1 aromatic carbocycles. The van der Waals surface area contributed by atoms with E-state index in [-0.39, 0.29) is 37.1 Å². The van der Waals surface area contributed by atoms with Crippen LogP contribution in [0.3, 0.4) is 0 Å². The van der Waals surface area contributed by atoms with Crippen LogP contribution in [0.1, 0.15) is 63.5 Å². The van der Waals surface area contributed by atoms with E-state index in [4.69, 9.17) is 10.1 Å². The molecule has 10 heteroatoms. The fourth-order valence-electron chi connectivity index (χ4n) is 6.71. The molecule has 1 aromatic rings. The van der Waals surface area contributed by atoms with Crippen molar-refractivity contribution < 1.29 is 22.3 Å². The molecule has 0 aromatic heterocycles. The zero-order valence-corrected chi connectivity index (χ0v) is 24.2. The van der Waals surface area contributed by atoms with Gasteiger partial charge in [0, 0.05) is 61.9 Å². The molecule has 3 atom stereocenters. The summed E-state index contributed by atoms with van der Waals surface area (Å²) in [5.41, 5.74) is 1.47. The van der Waals surface area contributed by atoms with E-state index < -0.39 is 23.3 Å². The number of likely N-dealkylation sites (tertiary alicyclic amines) is 1. The first-order chi connectivity index (χ1) is 20.2. The predicted molar refractivity (Wildman–Crippen MR) is 156 cm³/mol. The van der Waals surface area contributed by atoms with Gasteiger partial charge in [-0.25, -0.2) is 13.2 Å². The van der Waals surface area contributed by atoms with E-state index in [1.54, 1.807) is 12.2 Å². The van der Waals surface area contributed by atoms with Crippen LogP contribution in [0.2, 0.25) is 0 Å². The lowest BCUT2D eigenvalue weighted by molar-refractivity contribution is 0.00328. The molecular formula is C32H41F4N5O. The van der Waals surface area contributed by atoms with Crippen molar-refractivity contribution in [1.29, 1.82) is 5.41 Å². The van der Waals surface area contributed by atoms with Gasteiger partial charge in [0.1, 0.15) is 23.5 Å². The highest BCUT2D eigenvalue weighted by Crippen LogP contribution is 2.49. The second-order valence-electron chi connectivity index (χ2n) is 12.5. The third-order valence-electron chi connectivity index (χ3n) is 9.23. The topological polar surface area (TPSA) is 63.6 Å². The first-order valence-corrected chi connectivity index (χ1v) is 15.3. The van der Waals surface area contributed by atoms with Gasteiger partial charge in [-0.3, -0.25) is 14.2 Å². The number of benzene rings is 1. The average molecular weight is 588 g/mol. The Kier molecular flexibility index (Phi) is 8.49. The van der Waals surface area contributed by atoms with Gasteiger partial charge in [-0.05, 0) is 81.2 Å². The number of anilines is 1. The highest BCUT2D eigenvalue weighted by molar-refractivity contribution is 6.11. The molecule has 1 saturated carbocycles. The highest BCUT2D eigenvalue weighted by Gasteiger charge is 2.49. The molecule has 3 heterocycles. The van der Waals surface area contributed by atoms with Gasteiger partial charge >= 0.3 is 0 Å². The number of alkyl halides is 2. The molecular weight excluding hydrogens is 546 g/mol. The zero-order chi connectivity index (χ0) is 29.4. The number of hydrogen-bond acceptors (Lipinski definition) is 6. The number of hydrogen-bond donors (Lipinski definition) is 3. The fraction of sp³-hybridized carbons (Fsp3) is 0.594. The van der Waals surface area contributed by atoms with Crippen LogP contribution in [-0.2, 0) is 4.74 Å². The SMILES string of the molecule is C[C@@H]1CC2=C(C=CC(=N)/C2=C\NC2CCCCO2)C(c2c(F)cc(NC3CN(CCCF)C3)cc2F)N1CC1(F)CC1. The molecule has 6 nitrogen and oxygen atoms in total. The molecule has 3 N–H and O–H groups in total. The van der Waals surface area contributed by atoms with Crippen molar-refractivity contribution in [3.05, 3.63) is 64.4 Å². The van der Waals surface area contributed by atoms with Gasteiger partial charge in [0.2, 0.25) is 0 Å². The molecule has 42 heavy (non-hydrogen) atoms. The molecule has 0 amide bonds. The third-order valence-corrected chi connectivity index (χ3v) is 9.23. The number of nitrogens with one attached hydrogen (secondary N) is 3. The Labute approximate surface area is 245 Å². The Bertz CT molecular complexity index is 1260. The maximum atomic E-state index is 16.0. The Morgan fingerprint density at radius 3 is 2.57 bits per heavy atom. The Hall–Kier alpha value is -2.69. The highest BCUT2D eigenvalue weighted by atomic mass is 19.1. The molecule has 0 radical (unpaired) electrons. The zero-order valence-electron chi connectivity index (χ0n) is 24.2. The minimum absolute atomic E-state index is 0.0386. The summed E-state index contributed by atoms with van der Waals surface area (Å²) in [6.45, 7) is 4.46. The monoisotopic (exact) mass is 587 g/mol. The van der Waals surface area contributed by atoms with Crippen LogP contribution >= 0.6 is 0 Å². The summed E-state index contributed by atoms with van der Waals surface area (Å²) in [6.07, 6.45) is 9.99. The first-order valence-electron chi connectivity index (χ1n) is 15.3. The van der Waals surface area contributed by atoms with Gasteiger partial charge < -0.3 is 20.8 Å². The van der Waals surface area contributed by atoms with Gasteiger partial charge in [-0.1, -0.05) is 6.08 Å². The van der Waals surface area contributed by atoms with Crippen LogP contribution in [0.5, 0.6) is 0 Å². The quantitative estimate of drug-likeness (QED) is 0.296. The standard InChI is InChI=1S/C32H41F4N5O/c1-20-13-24-23(6-7-28(37)25(24)16-38-29-5-2-3-12-42-29)31(41(20)19-32(36)8-9-32)30-26(34)14-21(15-27(30)35)39-22-17-40(18-22)11-4-10-33/h6-7,14-16,20,22,29,31,37-39H,2-5,8-13,17-19H2,1H3/b25-16-,37-28?/t20-,29?,31?/m1/s1. The van der Waals surface area contributed by atoms with Gasteiger partial charge in [0.05, 0.1) is 24.5 Å². The molecule has 6 rings (SSSR count). The van der Waals surface area contributed by atoms with E-state index in [1.165, 1.54) is 12.1 Å². The minimum Gasteiger partial charge on any atom is -0.380 e. The number of rotatable bonds is 10. The molecule has 0 bridgehead atoms. The van der Waals surface area contributed by atoms with Crippen LogP contribution in [0, 0.1) is 17.0 Å². The van der Waals surface area contributed by atoms with Gasteiger partial charge in [-0.2, -0.15) is 0 Å². The van der Waals surface area contributed by atoms with E-state index in [0.29, 0.717) is 74.5 Å². The van der Waals surface area contributed by atoms with Crippen molar-refractivity contribution in [2.75, 3.05) is 44.8 Å². The van der Waals surface area contributed by atoms with Gasteiger partial charge in [0.15, 0.2) is 0 Å². The number of nitrogens with zero attached hydrogens (tertiary/aromatic N) is 2. The summed E-state index contributed by atoms with van der Waals surface area (Å²) < 4.78 is 65.5. The number of allylic oxidation sites excluding steroid dienone is 2. The smallest absolute Gasteiger partial charge is 0.133 e. The molecule has 5 aliphatic rings. The van der Waals surface area contributed by atoms with Crippen molar-refractivity contribution in [3.8, 4) is 0 Å². The largest absolute Gasteiger partial charge is 0.380 e. The fourth-order valence-corrected chi connectivity index (χ4v) is 6.71. The van der Waals surface area contributed by atoms with E-state index >= 15 is 13.2 Å². The van der Waals surface area contributed by atoms with E-state index in [2.05, 4.69) is 15.5 Å². The molecule has 2 unspecified atom stereocenters. The van der Waals surface area contributed by atoms with Crippen molar-refractivity contribution in [2.45, 2.75) is 81.9 Å². The predicted octanol–water partition coefficient (Wildman–Crippen LogP) is 5.94. The maximum Gasteiger partial charge on any atom is 0.133 e. The first kappa shape index (κ1) is 29.4. The molecule has 2 aliphatic carbocycles. The summed E-state index contributed by atoms with van der Waals surface area (Å²) in [5.74, 6) is -1.36. The summed E-state index contributed by atoms with van der Waals surface area (Å²) in [5, 5.41) is 15.2. The lowest BCUT2D eigenvalue weighted by Crippen LogP contribution is -2.54. The Balaban J connectivity index is 1.31. The summed E-state index contributed by atoms with van der Waals surface area (Å²) in [7, 11) is 0. The molecule has 3 aliphatic heterocycles. The van der Waals surface area contributed by atoms with Crippen LogP contribution in [0.15, 0.2) is 47.2 Å². The molecule has 0 spiro atoms. The van der Waals surface area contributed by atoms with Crippen LogP contribution in [0.4, 0.5) is 23.2 Å². The Morgan fingerprint density at radius 1 is 1.14 bits per heavy atom. The van der Waals surface area contributed by atoms with E-state index in [9.17, 15) is 4.39 Å². The number of halogens is 4. The molecule has 3 fully saturated rings.